The summed E-state index contributed by atoms with van der Waals surface area (Å²) in [5, 5.41) is 43.1. The molecule has 0 fully saturated rings. The first kappa shape index (κ1) is 15.9. The van der Waals surface area contributed by atoms with Crippen LogP contribution in [0.3, 0.4) is 0 Å². The Bertz CT molecular complexity index is 152. The van der Waals surface area contributed by atoms with Crippen LogP contribution in [-0.2, 0) is 4.79 Å². The van der Waals surface area contributed by atoms with E-state index in [1.807, 2.05) is 0 Å². The molecule has 0 heterocycles. The number of Topliss-reactive ketones (excluding diaryl/α,β-unsaturated/α-hetero) is 1. The van der Waals surface area contributed by atoms with Gasteiger partial charge in [-0.3, -0.25) is 4.79 Å². The summed E-state index contributed by atoms with van der Waals surface area (Å²) in [4.78, 5) is 10.5. The molecule has 0 amide bonds. The topological polar surface area (TPSA) is 118 Å². The average molecular weight is 203 g/mol. The molecule has 0 aromatic rings. The van der Waals surface area contributed by atoms with Crippen molar-refractivity contribution < 1.29 is 30.3 Å². The van der Waals surface area contributed by atoms with Crippen LogP contribution in [0.25, 0.3) is 0 Å². The van der Waals surface area contributed by atoms with Crippen LogP contribution in [0.1, 0.15) is 0 Å². The van der Waals surface area contributed by atoms with Crippen LogP contribution >= 0.6 is 0 Å². The molecule has 0 aromatic carbocycles. The third kappa shape index (κ3) is 5.04. The van der Waals surface area contributed by atoms with E-state index in [1.165, 1.54) is 0 Å². The number of ketones is 1. The van der Waals surface area contributed by atoms with Gasteiger partial charge in [-0.1, -0.05) is 0 Å². The van der Waals surface area contributed by atoms with E-state index in [4.69, 9.17) is 25.5 Å². The molecule has 0 spiro atoms. The number of hydrogen-bond acceptors (Lipinski definition) is 6. The molecule has 1 radical (unpaired) electrons. The maximum Gasteiger partial charge on any atom is 0.189 e. The zero-order chi connectivity index (χ0) is 9.72. The summed E-state index contributed by atoms with van der Waals surface area (Å²) in [6.07, 6.45) is -5.22. The molecule has 0 bridgehead atoms. The monoisotopic (exact) mass is 203 g/mol. The Kier molecular flexibility index (Phi) is 9.60. The van der Waals surface area contributed by atoms with E-state index >= 15 is 0 Å². The minimum atomic E-state index is -1.86. The maximum absolute atomic E-state index is 10.5. The number of hydrogen-bond donors (Lipinski definition) is 5. The van der Waals surface area contributed by atoms with E-state index in [9.17, 15) is 4.79 Å². The second-order valence-corrected chi connectivity index (χ2v) is 2.31. The van der Waals surface area contributed by atoms with Gasteiger partial charge in [0, 0.05) is 29.6 Å². The number of carbonyl (C=O) groups is 1. The third-order valence-corrected chi connectivity index (χ3v) is 1.39. The van der Waals surface area contributed by atoms with Crippen molar-refractivity contribution in [1.82, 2.24) is 0 Å². The van der Waals surface area contributed by atoms with Gasteiger partial charge in [-0.2, -0.15) is 0 Å². The first-order chi connectivity index (χ1) is 5.54. The Morgan fingerprint density at radius 2 is 1.62 bits per heavy atom. The largest absolute Gasteiger partial charge is 0.394 e. The first-order valence-electron chi connectivity index (χ1n) is 3.33. The van der Waals surface area contributed by atoms with Crippen molar-refractivity contribution in [2.45, 2.75) is 18.3 Å². The van der Waals surface area contributed by atoms with Gasteiger partial charge in [0.05, 0.1) is 6.61 Å². The number of rotatable bonds is 5. The fourth-order valence-electron chi connectivity index (χ4n) is 0.602. The summed E-state index contributed by atoms with van der Waals surface area (Å²) in [6.45, 7) is -1.69. The molecule has 3 atom stereocenters. The number of carbonyl (C=O) groups excluding carboxylic acids is 1. The Morgan fingerprint density at radius 3 is 1.92 bits per heavy atom. The van der Waals surface area contributed by atoms with Gasteiger partial charge in [-0.15, -0.1) is 0 Å². The number of aliphatic hydroxyl groups excluding tert-OH is 5. The first-order valence-corrected chi connectivity index (χ1v) is 3.33. The van der Waals surface area contributed by atoms with Gasteiger partial charge in [0.15, 0.2) is 5.78 Å². The molecule has 73 valence electrons. The van der Waals surface area contributed by atoms with Crippen molar-refractivity contribution in [3.8, 4) is 0 Å². The van der Waals surface area contributed by atoms with Gasteiger partial charge in [0.1, 0.15) is 24.9 Å². The molecule has 7 heteroatoms. The van der Waals surface area contributed by atoms with Gasteiger partial charge in [0.25, 0.3) is 0 Å². The number of aliphatic hydroxyl groups is 5. The quantitative estimate of drug-likeness (QED) is 0.293. The molecule has 0 saturated carbocycles. The third-order valence-electron chi connectivity index (χ3n) is 1.39. The van der Waals surface area contributed by atoms with Crippen LogP contribution in [0, 0.1) is 0 Å². The normalized spacial score (nSPS) is 17.0. The van der Waals surface area contributed by atoms with Crippen molar-refractivity contribution in [3.05, 3.63) is 0 Å². The van der Waals surface area contributed by atoms with E-state index in [1.54, 1.807) is 0 Å². The zero-order valence-corrected chi connectivity index (χ0v) is 9.29. The SMILES string of the molecule is O=C(CO)[C@@H](O)[C@H](O)[C@H](O)CO.[Na]. The second kappa shape index (κ2) is 7.84. The Hall–Kier alpha value is 0.470. The molecular formula is C6H12NaO6. The molecule has 0 aliphatic carbocycles. The van der Waals surface area contributed by atoms with Crippen molar-refractivity contribution in [3.63, 3.8) is 0 Å². The van der Waals surface area contributed by atoms with Crippen molar-refractivity contribution in [1.29, 1.82) is 0 Å². The molecule has 0 rings (SSSR count). The van der Waals surface area contributed by atoms with Crippen molar-refractivity contribution in [2.75, 3.05) is 13.2 Å². The van der Waals surface area contributed by atoms with Crippen LogP contribution in [0.2, 0.25) is 0 Å². The van der Waals surface area contributed by atoms with Gasteiger partial charge >= 0.3 is 0 Å². The summed E-state index contributed by atoms with van der Waals surface area (Å²) < 4.78 is 0. The smallest absolute Gasteiger partial charge is 0.189 e. The molecule has 5 N–H and O–H groups in total. The van der Waals surface area contributed by atoms with E-state index in [0.717, 1.165) is 0 Å². The molecule has 0 saturated heterocycles. The minimum absolute atomic E-state index is 0. The predicted molar refractivity (Wildman–Crippen MR) is 43.0 cm³/mol. The van der Waals surface area contributed by atoms with Gasteiger partial charge in [0.2, 0.25) is 0 Å². The van der Waals surface area contributed by atoms with Crippen LogP contribution in [0.4, 0.5) is 0 Å². The summed E-state index contributed by atoms with van der Waals surface area (Å²) in [6, 6.07) is 0. The van der Waals surface area contributed by atoms with Crippen molar-refractivity contribution in [2.24, 2.45) is 0 Å². The van der Waals surface area contributed by atoms with E-state index in [0.29, 0.717) is 0 Å². The summed E-state index contributed by atoms with van der Waals surface area (Å²) >= 11 is 0. The standard InChI is InChI=1S/C6H12O6.Na/c7-1-3(9)5(11)6(12)4(10)2-8;/h3,5-9,11-12H,1-2H2;/t3-,5-,6-;/m1./s1. The Balaban J connectivity index is 0. The summed E-state index contributed by atoms with van der Waals surface area (Å²) in [5.74, 6) is -1.00. The second-order valence-electron chi connectivity index (χ2n) is 2.31. The molecular weight excluding hydrogens is 191 g/mol. The summed E-state index contributed by atoms with van der Waals surface area (Å²) in [5.41, 5.74) is 0. The average Bonchev–Trinajstić information content (AvgIpc) is 2.12. The molecule has 0 aromatic heterocycles. The predicted octanol–water partition coefficient (Wildman–Crippen LogP) is -3.76. The van der Waals surface area contributed by atoms with Gasteiger partial charge in [-0.25, -0.2) is 0 Å². The molecule has 0 aliphatic heterocycles. The van der Waals surface area contributed by atoms with E-state index in [-0.39, 0.29) is 29.6 Å². The Morgan fingerprint density at radius 1 is 1.15 bits per heavy atom. The summed E-state index contributed by atoms with van der Waals surface area (Å²) in [7, 11) is 0. The van der Waals surface area contributed by atoms with Gasteiger partial charge in [-0.05, 0) is 0 Å². The molecule has 0 unspecified atom stereocenters. The minimum Gasteiger partial charge on any atom is -0.394 e. The zero-order valence-electron chi connectivity index (χ0n) is 7.29. The molecule has 0 aliphatic rings. The Labute approximate surface area is 97.1 Å². The fourth-order valence-corrected chi connectivity index (χ4v) is 0.602. The molecule has 13 heavy (non-hydrogen) atoms. The van der Waals surface area contributed by atoms with Crippen molar-refractivity contribution >= 4 is 35.3 Å². The van der Waals surface area contributed by atoms with E-state index < -0.39 is 37.3 Å². The van der Waals surface area contributed by atoms with Crippen LogP contribution in [0.15, 0.2) is 0 Å². The fraction of sp³-hybridized carbons (Fsp3) is 0.833. The van der Waals surface area contributed by atoms with Crippen LogP contribution < -0.4 is 0 Å². The molecule has 6 nitrogen and oxygen atoms in total. The van der Waals surface area contributed by atoms with Crippen LogP contribution in [-0.4, -0.2) is 92.4 Å². The van der Waals surface area contributed by atoms with Gasteiger partial charge < -0.3 is 25.5 Å². The maximum atomic E-state index is 10.5. The van der Waals surface area contributed by atoms with Crippen LogP contribution in [0.5, 0.6) is 0 Å². The van der Waals surface area contributed by atoms with E-state index in [2.05, 4.69) is 0 Å².